The highest BCUT2D eigenvalue weighted by Crippen LogP contribution is 2.26. The van der Waals surface area contributed by atoms with Crippen molar-refractivity contribution in [2.75, 3.05) is 0 Å². The van der Waals surface area contributed by atoms with Gasteiger partial charge in [0.2, 0.25) is 0 Å². The monoisotopic (exact) mass is 187 g/mol. The summed E-state index contributed by atoms with van der Waals surface area (Å²) in [6.07, 6.45) is 1.90. The molecule has 1 unspecified atom stereocenters. The molecule has 0 aliphatic carbocycles. The van der Waals surface area contributed by atoms with Crippen molar-refractivity contribution in [3.05, 3.63) is 54.5 Å². The van der Waals surface area contributed by atoms with Crippen LogP contribution in [0.5, 0.6) is 0 Å². The SMILES string of the molecule is [CH2]C(C=C)c1cccc(C(C)C)c1C. The third-order valence-corrected chi connectivity index (χ3v) is 2.72. The first-order valence-electron chi connectivity index (χ1n) is 5.13. The number of allylic oxidation sites excluding steroid dienone is 1. The lowest BCUT2D eigenvalue weighted by atomic mass is 9.89. The van der Waals surface area contributed by atoms with Gasteiger partial charge in [-0.05, 0) is 36.5 Å². The maximum absolute atomic E-state index is 4.07. The van der Waals surface area contributed by atoms with Crippen molar-refractivity contribution in [1.82, 2.24) is 0 Å². The molecule has 75 valence electrons. The maximum Gasteiger partial charge on any atom is 0.00183 e. The van der Waals surface area contributed by atoms with E-state index in [9.17, 15) is 0 Å². The molecule has 0 heterocycles. The van der Waals surface area contributed by atoms with Crippen molar-refractivity contribution >= 4 is 0 Å². The lowest BCUT2D eigenvalue weighted by molar-refractivity contribution is 0.848. The molecule has 0 saturated heterocycles. The molecule has 1 aromatic rings. The zero-order chi connectivity index (χ0) is 10.7. The van der Waals surface area contributed by atoms with E-state index in [0.29, 0.717) is 5.92 Å². The minimum absolute atomic E-state index is 0.202. The number of hydrogen-bond acceptors (Lipinski definition) is 0. The van der Waals surface area contributed by atoms with Gasteiger partial charge in [0, 0.05) is 5.92 Å². The molecule has 1 atom stereocenters. The van der Waals surface area contributed by atoms with Gasteiger partial charge in [-0.2, -0.15) is 0 Å². The third-order valence-electron chi connectivity index (χ3n) is 2.72. The highest BCUT2D eigenvalue weighted by Gasteiger charge is 2.09. The molecule has 1 radical (unpaired) electrons. The van der Waals surface area contributed by atoms with Gasteiger partial charge in [-0.15, -0.1) is 6.58 Å². The Hall–Kier alpha value is -1.04. The van der Waals surface area contributed by atoms with Crippen LogP contribution in [0.25, 0.3) is 0 Å². The second-order valence-electron chi connectivity index (χ2n) is 4.06. The largest absolute Gasteiger partial charge is 0.102 e. The van der Waals surface area contributed by atoms with Crippen molar-refractivity contribution < 1.29 is 0 Å². The molecule has 0 saturated carbocycles. The highest BCUT2D eigenvalue weighted by atomic mass is 14.1. The third kappa shape index (κ3) is 2.06. The van der Waals surface area contributed by atoms with Crippen LogP contribution in [0.3, 0.4) is 0 Å². The van der Waals surface area contributed by atoms with Crippen LogP contribution < -0.4 is 0 Å². The Balaban J connectivity index is 3.20. The summed E-state index contributed by atoms with van der Waals surface area (Å²) in [6.45, 7) is 14.5. The first-order chi connectivity index (χ1) is 6.57. The van der Waals surface area contributed by atoms with E-state index in [1.165, 1.54) is 16.7 Å². The van der Waals surface area contributed by atoms with Gasteiger partial charge in [0.25, 0.3) is 0 Å². The Kier molecular flexibility index (Phi) is 3.51. The van der Waals surface area contributed by atoms with Crippen LogP contribution in [0.4, 0.5) is 0 Å². The Morgan fingerprint density at radius 1 is 1.21 bits per heavy atom. The fourth-order valence-corrected chi connectivity index (χ4v) is 1.83. The predicted molar refractivity (Wildman–Crippen MR) is 63.6 cm³/mol. The molecule has 0 amide bonds. The van der Waals surface area contributed by atoms with Gasteiger partial charge in [0.15, 0.2) is 0 Å². The van der Waals surface area contributed by atoms with E-state index in [-0.39, 0.29) is 5.92 Å². The Bertz CT molecular complexity index is 321. The molecule has 0 heteroatoms. The first-order valence-corrected chi connectivity index (χ1v) is 5.13. The summed E-state index contributed by atoms with van der Waals surface area (Å²) in [5, 5.41) is 0. The van der Waals surface area contributed by atoms with E-state index in [4.69, 9.17) is 0 Å². The van der Waals surface area contributed by atoms with Gasteiger partial charge in [-0.3, -0.25) is 0 Å². The van der Waals surface area contributed by atoms with Crippen LogP contribution in [0.1, 0.15) is 42.4 Å². The lowest BCUT2D eigenvalue weighted by Crippen LogP contribution is -1.99. The van der Waals surface area contributed by atoms with E-state index < -0.39 is 0 Å². The van der Waals surface area contributed by atoms with Crippen LogP contribution in [0.2, 0.25) is 0 Å². The standard InChI is InChI=1S/C14H19/c1-6-11(4)14-9-7-8-13(10(2)3)12(14)5/h6-11H,1,4H2,2-3,5H3. The van der Waals surface area contributed by atoms with E-state index in [1.807, 2.05) is 6.08 Å². The van der Waals surface area contributed by atoms with E-state index in [2.05, 4.69) is 52.5 Å². The normalized spacial score (nSPS) is 12.9. The summed E-state index contributed by atoms with van der Waals surface area (Å²) in [6, 6.07) is 6.44. The van der Waals surface area contributed by atoms with Crippen molar-refractivity contribution in [2.45, 2.75) is 32.6 Å². The predicted octanol–water partition coefficient (Wildman–Crippen LogP) is 4.22. The van der Waals surface area contributed by atoms with Crippen molar-refractivity contribution in [2.24, 2.45) is 0 Å². The Labute approximate surface area is 87.7 Å². The summed E-state index contributed by atoms with van der Waals surface area (Å²) in [5.41, 5.74) is 4.08. The van der Waals surface area contributed by atoms with Gasteiger partial charge < -0.3 is 0 Å². The fraction of sp³-hybridized carbons (Fsp3) is 0.357. The van der Waals surface area contributed by atoms with E-state index in [0.717, 1.165) is 0 Å². The molecular weight excluding hydrogens is 168 g/mol. The maximum atomic E-state index is 4.07. The molecule has 0 aromatic heterocycles. The minimum Gasteiger partial charge on any atom is -0.102 e. The van der Waals surface area contributed by atoms with Crippen LogP contribution in [-0.4, -0.2) is 0 Å². The van der Waals surface area contributed by atoms with Gasteiger partial charge in [0.05, 0.1) is 0 Å². The van der Waals surface area contributed by atoms with E-state index in [1.54, 1.807) is 0 Å². The molecule has 0 fully saturated rings. The van der Waals surface area contributed by atoms with Gasteiger partial charge in [-0.25, -0.2) is 0 Å². The zero-order valence-corrected chi connectivity index (χ0v) is 9.38. The summed E-state index contributed by atoms with van der Waals surface area (Å²) in [4.78, 5) is 0. The lowest BCUT2D eigenvalue weighted by Gasteiger charge is -2.16. The minimum atomic E-state index is 0.202. The topological polar surface area (TPSA) is 0 Å². The van der Waals surface area contributed by atoms with Gasteiger partial charge >= 0.3 is 0 Å². The Morgan fingerprint density at radius 2 is 1.79 bits per heavy atom. The summed E-state index contributed by atoms with van der Waals surface area (Å²) in [7, 11) is 0. The van der Waals surface area contributed by atoms with Crippen LogP contribution in [0, 0.1) is 13.8 Å². The second-order valence-corrected chi connectivity index (χ2v) is 4.06. The molecule has 0 aliphatic rings. The smallest absolute Gasteiger partial charge is 0.00183 e. The summed E-state index contributed by atoms with van der Waals surface area (Å²) >= 11 is 0. The van der Waals surface area contributed by atoms with Crippen LogP contribution >= 0.6 is 0 Å². The van der Waals surface area contributed by atoms with Gasteiger partial charge in [0.1, 0.15) is 0 Å². The number of rotatable bonds is 3. The average Bonchev–Trinajstić information content (AvgIpc) is 2.16. The molecule has 1 aromatic carbocycles. The van der Waals surface area contributed by atoms with Crippen LogP contribution in [-0.2, 0) is 0 Å². The number of hydrogen-bond donors (Lipinski definition) is 0. The van der Waals surface area contributed by atoms with E-state index >= 15 is 0 Å². The summed E-state index contributed by atoms with van der Waals surface area (Å²) in [5.74, 6) is 0.778. The Morgan fingerprint density at radius 3 is 2.29 bits per heavy atom. The molecule has 0 aliphatic heterocycles. The van der Waals surface area contributed by atoms with Crippen molar-refractivity contribution in [3.63, 3.8) is 0 Å². The zero-order valence-electron chi connectivity index (χ0n) is 9.38. The van der Waals surface area contributed by atoms with Crippen LogP contribution in [0.15, 0.2) is 30.9 Å². The molecular formula is C14H19. The summed E-state index contributed by atoms with van der Waals surface area (Å²) < 4.78 is 0. The quantitative estimate of drug-likeness (QED) is 0.621. The van der Waals surface area contributed by atoms with Gasteiger partial charge in [-0.1, -0.05) is 38.1 Å². The second kappa shape index (κ2) is 4.45. The molecule has 0 nitrogen and oxygen atoms in total. The molecule has 0 spiro atoms. The first kappa shape index (κ1) is 11.0. The molecule has 0 bridgehead atoms. The molecule has 0 N–H and O–H groups in total. The average molecular weight is 187 g/mol. The van der Waals surface area contributed by atoms with Crippen molar-refractivity contribution in [1.29, 1.82) is 0 Å². The van der Waals surface area contributed by atoms with Crippen molar-refractivity contribution in [3.8, 4) is 0 Å². The molecule has 1 rings (SSSR count). The molecule has 14 heavy (non-hydrogen) atoms. The highest BCUT2D eigenvalue weighted by molar-refractivity contribution is 5.40. The fourth-order valence-electron chi connectivity index (χ4n) is 1.83. The number of benzene rings is 1.